The zero-order chi connectivity index (χ0) is 15.2. The van der Waals surface area contributed by atoms with Crippen LogP contribution in [0.4, 0.5) is 5.69 Å². The fourth-order valence-electron chi connectivity index (χ4n) is 2.00. The fourth-order valence-corrected chi connectivity index (χ4v) is 2.00. The zero-order valence-corrected chi connectivity index (χ0v) is 12.4. The van der Waals surface area contributed by atoms with Gasteiger partial charge >= 0.3 is 0 Å². The summed E-state index contributed by atoms with van der Waals surface area (Å²) < 4.78 is 5.19. The van der Waals surface area contributed by atoms with Crippen molar-refractivity contribution in [2.45, 2.75) is 26.1 Å². The molecule has 0 aliphatic carbocycles. The van der Waals surface area contributed by atoms with E-state index in [4.69, 9.17) is 10.2 Å². The van der Waals surface area contributed by atoms with Crippen molar-refractivity contribution >= 4 is 11.6 Å². The van der Waals surface area contributed by atoms with Gasteiger partial charge in [0, 0.05) is 19.3 Å². The lowest BCUT2D eigenvalue weighted by atomic mass is 10.1. The molecule has 1 atom stereocenters. The van der Waals surface area contributed by atoms with Gasteiger partial charge in [-0.2, -0.15) is 0 Å². The van der Waals surface area contributed by atoms with E-state index in [1.165, 1.54) is 0 Å². The number of nitrogens with zero attached hydrogens (tertiary/aromatic N) is 1. The molecule has 2 rings (SSSR count). The van der Waals surface area contributed by atoms with Gasteiger partial charge in [-0.1, -0.05) is 12.1 Å². The molecular weight excluding hydrogens is 266 g/mol. The van der Waals surface area contributed by atoms with E-state index < -0.39 is 0 Å². The molecule has 0 saturated carbocycles. The molecule has 1 amide bonds. The van der Waals surface area contributed by atoms with E-state index in [1.54, 1.807) is 12.3 Å². The Morgan fingerprint density at radius 2 is 2.05 bits per heavy atom. The van der Waals surface area contributed by atoms with Crippen LogP contribution in [0.1, 0.15) is 18.2 Å². The number of furan rings is 1. The number of carbonyl (C=O) groups excluding carboxylic acids is 1. The zero-order valence-electron chi connectivity index (χ0n) is 12.4. The first-order valence-electron chi connectivity index (χ1n) is 6.93. The molecule has 0 bridgehead atoms. The summed E-state index contributed by atoms with van der Waals surface area (Å²) in [7, 11) is 1.90. The van der Waals surface area contributed by atoms with Crippen LogP contribution < -0.4 is 16.0 Å². The number of likely N-dealkylation sites (N-methyl/N-ethyl adjacent to an activating group) is 1. The molecule has 0 spiro atoms. The molecule has 21 heavy (non-hydrogen) atoms. The summed E-state index contributed by atoms with van der Waals surface area (Å²) in [6, 6.07) is 11.2. The Balaban J connectivity index is 1.93. The highest BCUT2D eigenvalue weighted by Gasteiger charge is 2.18. The van der Waals surface area contributed by atoms with E-state index in [2.05, 4.69) is 5.32 Å². The van der Waals surface area contributed by atoms with Crippen LogP contribution in [0.25, 0.3) is 0 Å². The number of carbonyl (C=O) groups is 1. The van der Waals surface area contributed by atoms with Crippen molar-refractivity contribution in [3.8, 4) is 0 Å². The van der Waals surface area contributed by atoms with Crippen LogP contribution in [0, 0.1) is 0 Å². The third-order valence-corrected chi connectivity index (χ3v) is 3.56. The molecule has 0 aliphatic rings. The summed E-state index contributed by atoms with van der Waals surface area (Å²) in [5.41, 5.74) is 7.63. The van der Waals surface area contributed by atoms with Crippen molar-refractivity contribution in [1.82, 2.24) is 5.32 Å². The van der Waals surface area contributed by atoms with Crippen LogP contribution in [0.3, 0.4) is 0 Å². The molecule has 1 unspecified atom stereocenters. The highest BCUT2D eigenvalue weighted by Crippen LogP contribution is 2.16. The second-order valence-corrected chi connectivity index (χ2v) is 4.95. The van der Waals surface area contributed by atoms with Gasteiger partial charge in [-0.3, -0.25) is 4.79 Å². The largest absolute Gasteiger partial charge is 0.467 e. The van der Waals surface area contributed by atoms with E-state index in [1.807, 2.05) is 49.2 Å². The predicted molar refractivity (Wildman–Crippen MR) is 82.8 cm³/mol. The highest BCUT2D eigenvalue weighted by molar-refractivity contribution is 5.84. The quantitative estimate of drug-likeness (QED) is 0.851. The lowest BCUT2D eigenvalue weighted by Gasteiger charge is -2.26. The van der Waals surface area contributed by atoms with Gasteiger partial charge in [0.1, 0.15) is 11.8 Å². The summed E-state index contributed by atoms with van der Waals surface area (Å²) in [4.78, 5) is 14.1. The van der Waals surface area contributed by atoms with Crippen molar-refractivity contribution in [2.24, 2.45) is 5.73 Å². The molecule has 5 nitrogen and oxygen atoms in total. The number of nitrogens with two attached hydrogens (primary N) is 1. The maximum absolute atomic E-state index is 12.2. The van der Waals surface area contributed by atoms with Crippen molar-refractivity contribution in [2.75, 3.05) is 11.9 Å². The molecule has 1 heterocycles. The Bertz CT molecular complexity index is 564. The maximum atomic E-state index is 12.2. The maximum Gasteiger partial charge on any atom is 0.242 e. The molecule has 3 N–H and O–H groups in total. The van der Waals surface area contributed by atoms with E-state index in [0.29, 0.717) is 13.1 Å². The van der Waals surface area contributed by atoms with E-state index >= 15 is 0 Å². The molecule has 1 aromatic heterocycles. The van der Waals surface area contributed by atoms with Crippen LogP contribution in [0.5, 0.6) is 0 Å². The van der Waals surface area contributed by atoms with Crippen LogP contribution in [-0.2, 0) is 17.9 Å². The number of amides is 1. The van der Waals surface area contributed by atoms with Gasteiger partial charge in [-0.15, -0.1) is 0 Å². The monoisotopic (exact) mass is 287 g/mol. The van der Waals surface area contributed by atoms with Crippen molar-refractivity contribution in [3.63, 3.8) is 0 Å². The minimum Gasteiger partial charge on any atom is -0.467 e. The first-order valence-corrected chi connectivity index (χ1v) is 6.93. The molecule has 1 aromatic carbocycles. The van der Waals surface area contributed by atoms with Gasteiger partial charge in [-0.05, 0) is 36.8 Å². The third-order valence-electron chi connectivity index (χ3n) is 3.56. The van der Waals surface area contributed by atoms with Gasteiger partial charge < -0.3 is 20.4 Å². The van der Waals surface area contributed by atoms with Crippen LogP contribution in [0.15, 0.2) is 47.1 Å². The number of nitrogens with one attached hydrogen (secondary N) is 1. The minimum absolute atomic E-state index is 0.0446. The SMILES string of the molecule is CC(C(=O)NCc1ccco1)N(C)c1ccc(CN)cc1. The second-order valence-electron chi connectivity index (χ2n) is 4.95. The van der Waals surface area contributed by atoms with Crippen LogP contribution in [0.2, 0.25) is 0 Å². The smallest absolute Gasteiger partial charge is 0.242 e. The number of rotatable bonds is 6. The molecule has 0 saturated heterocycles. The summed E-state index contributed by atoms with van der Waals surface area (Å²) in [6.45, 7) is 2.79. The van der Waals surface area contributed by atoms with Gasteiger partial charge in [-0.25, -0.2) is 0 Å². The third kappa shape index (κ3) is 3.86. The molecule has 5 heteroatoms. The summed E-state index contributed by atoms with van der Waals surface area (Å²) in [5.74, 6) is 0.697. The first-order chi connectivity index (χ1) is 10.1. The van der Waals surface area contributed by atoms with Crippen LogP contribution >= 0.6 is 0 Å². The Morgan fingerprint density at radius 1 is 1.33 bits per heavy atom. The van der Waals surface area contributed by atoms with Gasteiger partial charge in [0.2, 0.25) is 5.91 Å². The summed E-state index contributed by atoms with van der Waals surface area (Å²) in [5, 5.41) is 2.86. The lowest BCUT2D eigenvalue weighted by Crippen LogP contribution is -2.43. The normalized spacial score (nSPS) is 12.0. The number of anilines is 1. The average molecular weight is 287 g/mol. The summed E-state index contributed by atoms with van der Waals surface area (Å²) in [6.07, 6.45) is 1.59. The molecule has 2 aromatic rings. The van der Waals surface area contributed by atoms with Crippen molar-refractivity contribution < 1.29 is 9.21 Å². The molecule has 0 radical (unpaired) electrons. The van der Waals surface area contributed by atoms with Crippen molar-refractivity contribution in [3.05, 3.63) is 54.0 Å². The number of hydrogen-bond donors (Lipinski definition) is 2. The predicted octanol–water partition coefficient (Wildman–Crippen LogP) is 1.88. The topological polar surface area (TPSA) is 71.5 Å². The van der Waals surface area contributed by atoms with Crippen LogP contribution in [-0.4, -0.2) is 19.0 Å². The van der Waals surface area contributed by atoms with Crippen molar-refractivity contribution in [1.29, 1.82) is 0 Å². The Kier molecular flexibility index (Phi) is 5.00. The standard InChI is InChI=1S/C16H21N3O2/c1-12(16(20)18-11-15-4-3-9-21-15)19(2)14-7-5-13(10-17)6-8-14/h3-9,12H,10-11,17H2,1-2H3,(H,18,20). The van der Waals surface area contributed by atoms with Gasteiger partial charge in [0.05, 0.1) is 12.8 Å². The van der Waals surface area contributed by atoms with E-state index in [9.17, 15) is 4.79 Å². The summed E-state index contributed by atoms with van der Waals surface area (Å²) >= 11 is 0. The first kappa shape index (κ1) is 15.1. The average Bonchev–Trinajstić information content (AvgIpc) is 3.04. The van der Waals surface area contributed by atoms with Gasteiger partial charge in [0.15, 0.2) is 0 Å². The highest BCUT2D eigenvalue weighted by atomic mass is 16.3. The Labute approximate surface area is 124 Å². The Morgan fingerprint density at radius 3 is 2.62 bits per heavy atom. The fraction of sp³-hybridized carbons (Fsp3) is 0.312. The minimum atomic E-state index is -0.274. The van der Waals surface area contributed by atoms with E-state index in [-0.39, 0.29) is 11.9 Å². The van der Waals surface area contributed by atoms with Gasteiger partial charge in [0.25, 0.3) is 0 Å². The lowest BCUT2D eigenvalue weighted by molar-refractivity contribution is -0.122. The number of hydrogen-bond acceptors (Lipinski definition) is 4. The Hall–Kier alpha value is -2.27. The number of benzene rings is 1. The molecule has 0 aliphatic heterocycles. The second kappa shape index (κ2) is 6.95. The molecular formula is C16H21N3O2. The molecule has 112 valence electrons. The van der Waals surface area contributed by atoms with E-state index in [0.717, 1.165) is 17.0 Å². The molecule has 0 fully saturated rings.